The van der Waals surface area contributed by atoms with Gasteiger partial charge in [-0.3, -0.25) is 4.90 Å². The molecule has 2 unspecified atom stereocenters. The van der Waals surface area contributed by atoms with E-state index in [1.807, 2.05) is 0 Å². The van der Waals surface area contributed by atoms with Gasteiger partial charge >= 0.3 is 0 Å². The van der Waals surface area contributed by atoms with Gasteiger partial charge in [-0.05, 0) is 36.8 Å². The Kier molecular flexibility index (Phi) is 3.30. The smallest absolute Gasteiger partial charge is 0.0263 e. The van der Waals surface area contributed by atoms with Gasteiger partial charge in [0.05, 0.1) is 0 Å². The maximum Gasteiger partial charge on any atom is 0.0263 e. The van der Waals surface area contributed by atoms with Gasteiger partial charge in [-0.2, -0.15) is 0 Å². The average Bonchev–Trinajstić information content (AvgIpc) is 3.19. The van der Waals surface area contributed by atoms with Crippen molar-refractivity contribution in [3.8, 4) is 0 Å². The van der Waals surface area contributed by atoms with Gasteiger partial charge in [0.25, 0.3) is 0 Å². The SMILES string of the molecule is c1ccc2c(c1)CC(CN1CCNCC1C1CC1)S2. The zero-order valence-corrected chi connectivity index (χ0v) is 12.2. The molecule has 0 aromatic heterocycles. The predicted molar refractivity (Wildman–Crippen MR) is 80.7 cm³/mol. The first-order valence-electron chi connectivity index (χ1n) is 7.59. The molecule has 3 heteroatoms. The molecule has 2 fully saturated rings. The van der Waals surface area contributed by atoms with Gasteiger partial charge in [0.15, 0.2) is 0 Å². The minimum Gasteiger partial charge on any atom is -0.314 e. The Labute approximate surface area is 119 Å². The molecule has 0 radical (unpaired) electrons. The minimum absolute atomic E-state index is 0.775. The lowest BCUT2D eigenvalue weighted by Crippen LogP contribution is -2.53. The maximum absolute atomic E-state index is 3.58. The number of hydrogen-bond acceptors (Lipinski definition) is 3. The Hall–Kier alpha value is -0.510. The van der Waals surface area contributed by atoms with Gasteiger partial charge in [0.2, 0.25) is 0 Å². The number of nitrogens with one attached hydrogen (secondary N) is 1. The summed E-state index contributed by atoms with van der Waals surface area (Å²) >= 11 is 2.10. The minimum atomic E-state index is 0.775. The van der Waals surface area contributed by atoms with Crippen LogP contribution in [0.3, 0.4) is 0 Å². The van der Waals surface area contributed by atoms with E-state index in [4.69, 9.17) is 0 Å². The van der Waals surface area contributed by atoms with Gasteiger partial charge in [-0.15, -0.1) is 11.8 Å². The molecule has 1 aromatic rings. The Morgan fingerprint density at radius 3 is 3.00 bits per heavy atom. The van der Waals surface area contributed by atoms with Gasteiger partial charge in [0.1, 0.15) is 0 Å². The van der Waals surface area contributed by atoms with Crippen LogP contribution in [-0.4, -0.2) is 42.4 Å². The van der Waals surface area contributed by atoms with E-state index in [-0.39, 0.29) is 0 Å². The van der Waals surface area contributed by atoms with Gasteiger partial charge in [0, 0.05) is 42.4 Å². The van der Waals surface area contributed by atoms with Gasteiger partial charge in [-0.1, -0.05) is 18.2 Å². The molecule has 102 valence electrons. The van der Waals surface area contributed by atoms with E-state index < -0.39 is 0 Å². The van der Waals surface area contributed by atoms with Crippen molar-refractivity contribution in [2.75, 3.05) is 26.2 Å². The van der Waals surface area contributed by atoms with Gasteiger partial charge < -0.3 is 5.32 Å². The lowest BCUT2D eigenvalue weighted by Gasteiger charge is -2.37. The van der Waals surface area contributed by atoms with Crippen molar-refractivity contribution in [3.05, 3.63) is 29.8 Å². The molecule has 1 N–H and O–H groups in total. The summed E-state index contributed by atoms with van der Waals surface area (Å²) in [6.07, 6.45) is 4.18. The second-order valence-corrected chi connectivity index (χ2v) is 7.50. The Bertz CT molecular complexity index is 433. The third kappa shape index (κ3) is 2.56. The zero-order chi connectivity index (χ0) is 12.7. The molecule has 0 bridgehead atoms. The van der Waals surface area contributed by atoms with Crippen molar-refractivity contribution in [1.29, 1.82) is 0 Å². The summed E-state index contributed by atoms with van der Waals surface area (Å²) in [6, 6.07) is 9.76. The monoisotopic (exact) mass is 274 g/mol. The van der Waals surface area contributed by atoms with Crippen LogP contribution >= 0.6 is 11.8 Å². The zero-order valence-electron chi connectivity index (χ0n) is 11.3. The van der Waals surface area contributed by atoms with E-state index >= 15 is 0 Å². The average molecular weight is 274 g/mol. The van der Waals surface area contributed by atoms with E-state index in [0.29, 0.717) is 0 Å². The first-order valence-corrected chi connectivity index (χ1v) is 8.47. The molecule has 2 nitrogen and oxygen atoms in total. The fourth-order valence-electron chi connectivity index (χ4n) is 3.56. The van der Waals surface area contributed by atoms with E-state index in [2.05, 4.69) is 46.2 Å². The number of rotatable bonds is 3. The molecular weight excluding hydrogens is 252 g/mol. The molecule has 1 aromatic carbocycles. The number of nitrogens with zero attached hydrogens (tertiary/aromatic N) is 1. The van der Waals surface area contributed by atoms with E-state index in [0.717, 1.165) is 17.2 Å². The summed E-state index contributed by atoms with van der Waals surface area (Å²) in [5.74, 6) is 0.988. The summed E-state index contributed by atoms with van der Waals surface area (Å²) in [6.45, 7) is 4.92. The topological polar surface area (TPSA) is 15.3 Å². The Balaban J connectivity index is 1.41. The molecule has 2 atom stereocenters. The maximum atomic E-state index is 3.58. The van der Waals surface area contributed by atoms with Crippen LogP contribution < -0.4 is 5.32 Å². The molecule has 2 aliphatic heterocycles. The highest BCUT2D eigenvalue weighted by Crippen LogP contribution is 2.39. The third-order valence-electron chi connectivity index (χ3n) is 4.72. The lowest BCUT2D eigenvalue weighted by atomic mass is 10.1. The fourth-order valence-corrected chi connectivity index (χ4v) is 4.91. The van der Waals surface area contributed by atoms with Crippen LogP contribution in [0.2, 0.25) is 0 Å². The van der Waals surface area contributed by atoms with E-state index in [1.165, 1.54) is 50.3 Å². The summed E-state index contributed by atoms with van der Waals surface area (Å²) in [4.78, 5) is 4.29. The van der Waals surface area contributed by atoms with Crippen LogP contribution in [0.1, 0.15) is 18.4 Å². The Morgan fingerprint density at radius 1 is 1.26 bits per heavy atom. The number of piperazine rings is 1. The number of hydrogen-bond donors (Lipinski definition) is 1. The molecule has 1 saturated carbocycles. The molecule has 0 spiro atoms. The van der Waals surface area contributed by atoms with Crippen LogP contribution in [0.15, 0.2) is 29.2 Å². The molecule has 3 aliphatic rings. The van der Waals surface area contributed by atoms with Crippen LogP contribution in [0.4, 0.5) is 0 Å². The second-order valence-electron chi connectivity index (χ2n) is 6.16. The first-order chi connectivity index (χ1) is 9.40. The summed E-state index contributed by atoms with van der Waals surface area (Å²) < 4.78 is 0. The number of fused-ring (bicyclic) bond motifs is 1. The standard InChI is InChI=1S/C16H22N2S/c1-2-4-16-13(3-1)9-14(19-16)11-18-8-7-17-10-15(18)12-5-6-12/h1-4,12,14-15,17H,5-11H2. The Morgan fingerprint density at radius 2 is 2.16 bits per heavy atom. The summed E-state index contributed by atoms with van der Waals surface area (Å²) in [5.41, 5.74) is 1.57. The van der Waals surface area contributed by atoms with Crippen LogP contribution in [-0.2, 0) is 6.42 Å². The van der Waals surface area contributed by atoms with Crippen molar-refractivity contribution in [2.24, 2.45) is 5.92 Å². The normalized spacial score (nSPS) is 31.4. The van der Waals surface area contributed by atoms with Crippen molar-refractivity contribution >= 4 is 11.8 Å². The first kappa shape index (κ1) is 12.2. The third-order valence-corrected chi connectivity index (χ3v) is 6.02. The van der Waals surface area contributed by atoms with E-state index in [1.54, 1.807) is 5.56 Å². The fraction of sp³-hybridized carbons (Fsp3) is 0.625. The largest absolute Gasteiger partial charge is 0.314 e. The molecule has 1 saturated heterocycles. The van der Waals surface area contributed by atoms with Crippen molar-refractivity contribution in [2.45, 2.75) is 35.4 Å². The molecule has 2 heterocycles. The molecule has 4 rings (SSSR count). The second kappa shape index (κ2) is 5.12. The quantitative estimate of drug-likeness (QED) is 0.911. The molecule has 0 amide bonds. The van der Waals surface area contributed by atoms with Gasteiger partial charge in [-0.25, -0.2) is 0 Å². The van der Waals surface area contributed by atoms with Crippen molar-refractivity contribution < 1.29 is 0 Å². The summed E-state index contributed by atoms with van der Waals surface area (Å²) in [7, 11) is 0. The predicted octanol–water partition coefficient (Wildman–Crippen LogP) is 2.39. The molecular formula is C16H22N2S. The highest BCUT2D eigenvalue weighted by atomic mass is 32.2. The van der Waals surface area contributed by atoms with Crippen LogP contribution in [0.25, 0.3) is 0 Å². The number of benzene rings is 1. The van der Waals surface area contributed by atoms with Crippen LogP contribution in [0, 0.1) is 5.92 Å². The highest BCUT2D eigenvalue weighted by molar-refractivity contribution is 8.00. The summed E-state index contributed by atoms with van der Waals surface area (Å²) in [5, 5.41) is 4.35. The van der Waals surface area contributed by atoms with Crippen molar-refractivity contribution in [3.63, 3.8) is 0 Å². The van der Waals surface area contributed by atoms with Crippen molar-refractivity contribution in [1.82, 2.24) is 10.2 Å². The lowest BCUT2D eigenvalue weighted by molar-refractivity contribution is 0.144. The molecule has 19 heavy (non-hydrogen) atoms. The number of thioether (sulfide) groups is 1. The van der Waals surface area contributed by atoms with E-state index in [9.17, 15) is 0 Å². The highest BCUT2D eigenvalue weighted by Gasteiger charge is 2.37. The molecule has 1 aliphatic carbocycles. The van der Waals surface area contributed by atoms with Crippen LogP contribution in [0.5, 0.6) is 0 Å².